The minimum atomic E-state index is -0.426. The minimum Gasteiger partial charge on any atom is -0.379 e. The third kappa shape index (κ3) is 2.40. The number of rotatable bonds is 3. The van der Waals surface area contributed by atoms with E-state index in [4.69, 9.17) is 0 Å². The largest absolute Gasteiger partial charge is 0.379 e. The lowest BCUT2D eigenvalue weighted by molar-refractivity contribution is 0.632. The van der Waals surface area contributed by atoms with Gasteiger partial charge in [0.2, 0.25) is 0 Å². The van der Waals surface area contributed by atoms with Crippen LogP contribution in [0.4, 0.5) is 10.1 Å². The van der Waals surface area contributed by atoms with Crippen LogP contribution in [0.25, 0.3) is 10.8 Å². The Balaban J connectivity index is 1.92. The molecular weight excluding hydrogens is 255 g/mol. The zero-order valence-electron chi connectivity index (χ0n) is 10.7. The first-order chi connectivity index (χ1) is 9.74. The number of hydrogen-bond donors (Lipinski definition) is 2. The van der Waals surface area contributed by atoms with Crippen LogP contribution in [0.15, 0.2) is 59.5 Å². The van der Waals surface area contributed by atoms with Gasteiger partial charge in [0.15, 0.2) is 0 Å². The second kappa shape index (κ2) is 5.17. The van der Waals surface area contributed by atoms with Crippen LogP contribution < -0.4 is 10.9 Å². The summed E-state index contributed by atoms with van der Waals surface area (Å²) >= 11 is 0. The Labute approximate surface area is 115 Å². The molecule has 0 aliphatic carbocycles. The fourth-order valence-electron chi connectivity index (χ4n) is 2.14. The van der Waals surface area contributed by atoms with Gasteiger partial charge < -0.3 is 10.3 Å². The lowest BCUT2D eigenvalue weighted by Gasteiger charge is -2.09. The second-order valence-electron chi connectivity index (χ2n) is 4.57. The number of aromatic amines is 1. The van der Waals surface area contributed by atoms with E-state index in [9.17, 15) is 9.18 Å². The molecular formula is C16H13FN2O. The van der Waals surface area contributed by atoms with Crippen molar-refractivity contribution in [3.8, 4) is 0 Å². The maximum Gasteiger partial charge on any atom is 0.255 e. The molecule has 3 aromatic rings. The van der Waals surface area contributed by atoms with Crippen LogP contribution in [0.3, 0.4) is 0 Å². The van der Waals surface area contributed by atoms with E-state index in [-0.39, 0.29) is 5.56 Å². The maximum absolute atomic E-state index is 14.0. The Morgan fingerprint density at radius 3 is 2.70 bits per heavy atom. The summed E-state index contributed by atoms with van der Waals surface area (Å²) in [6.45, 7) is 0.534. The Kier molecular flexibility index (Phi) is 3.21. The van der Waals surface area contributed by atoms with Gasteiger partial charge in [-0.25, -0.2) is 4.39 Å². The molecule has 100 valence electrons. The van der Waals surface area contributed by atoms with E-state index in [0.717, 1.165) is 5.56 Å². The zero-order chi connectivity index (χ0) is 13.9. The summed E-state index contributed by atoms with van der Waals surface area (Å²) in [5.74, 6) is -0.426. The molecule has 4 heteroatoms. The Morgan fingerprint density at radius 1 is 1.10 bits per heavy atom. The summed E-state index contributed by atoms with van der Waals surface area (Å²) in [6, 6.07) is 14.4. The van der Waals surface area contributed by atoms with Gasteiger partial charge in [-0.2, -0.15) is 0 Å². The summed E-state index contributed by atoms with van der Waals surface area (Å²) < 4.78 is 14.0. The van der Waals surface area contributed by atoms with Crippen molar-refractivity contribution in [1.29, 1.82) is 0 Å². The van der Waals surface area contributed by atoms with E-state index < -0.39 is 5.82 Å². The van der Waals surface area contributed by atoms with Gasteiger partial charge in [-0.1, -0.05) is 30.3 Å². The first kappa shape index (κ1) is 12.4. The quantitative estimate of drug-likeness (QED) is 0.765. The van der Waals surface area contributed by atoms with Gasteiger partial charge in [-0.3, -0.25) is 4.79 Å². The van der Waals surface area contributed by atoms with E-state index in [1.165, 1.54) is 6.07 Å². The lowest BCUT2D eigenvalue weighted by Crippen LogP contribution is -2.07. The minimum absolute atomic E-state index is 0.281. The molecule has 1 heterocycles. The molecule has 0 saturated heterocycles. The predicted octanol–water partition coefficient (Wildman–Crippen LogP) is 3.28. The van der Waals surface area contributed by atoms with Gasteiger partial charge in [0.25, 0.3) is 5.56 Å². The van der Waals surface area contributed by atoms with E-state index >= 15 is 0 Å². The van der Waals surface area contributed by atoms with E-state index in [1.807, 2.05) is 30.3 Å². The van der Waals surface area contributed by atoms with Crippen LogP contribution in [0.1, 0.15) is 5.56 Å². The van der Waals surface area contributed by atoms with Crippen molar-refractivity contribution < 1.29 is 4.39 Å². The number of benzene rings is 2. The average Bonchev–Trinajstić information content (AvgIpc) is 2.47. The number of nitrogens with one attached hydrogen (secondary N) is 2. The topological polar surface area (TPSA) is 44.9 Å². The number of fused-ring (bicyclic) bond motifs is 1. The van der Waals surface area contributed by atoms with E-state index in [1.54, 1.807) is 18.3 Å². The molecule has 3 rings (SSSR count). The van der Waals surface area contributed by atoms with Gasteiger partial charge in [-0.05, 0) is 29.1 Å². The van der Waals surface area contributed by atoms with Crippen molar-refractivity contribution >= 4 is 16.5 Å². The molecule has 0 unspecified atom stereocenters. The third-order valence-corrected chi connectivity index (χ3v) is 3.19. The van der Waals surface area contributed by atoms with Crippen molar-refractivity contribution in [2.45, 2.75) is 6.54 Å². The summed E-state index contributed by atoms with van der Waals surface area (Å²) in [5, 5.41) is 4.12. The van der Waals surface area contributed by atoms with Crippen LogP contribution in [0.2, 0.25) is 0 Å². The number of anilines is 1. The van der Waals surface area contributed by atoms with Crippen molar-refractivity contribution in [3.05, 3.63) is 76.5 Å². The molecule has 2 N–H and O–H groups in total. The molecule has 0 aliphatic rings. The first-order valence-corrected chi connectivity index (χ1v) is 6.33. The van der Waals surface area contributed by atoms with Crippen molar-refractivity contribution in [1.82, 2.24) is 4.98 Å². The molecule has 0 fully saturated rings. The fraction of sp³-hybridized carbons (Fsp3) is 0.0625. The van der Waals surface area contributed by atoms with Crippen molar-refractivity contribution in [2.75, 3.05) is 5.32 Å². The highest BCUT2D eigenvalue weighted by Crippen LogP contribution is 2.21. The summed E-state index contributed by atoms with van der Waals surface area (Å²) in [7, 11) is 0. The Hall–Kier alpha value is -2.62. The maximum atomic E-state index is 14.0. The molecule has 0 saturated carbocycles. The molecule has 20 heavy (non-hydrogen) atoms. The van der Waals surface area contributed by atoms with Crippen molar-refractivity contribution in [2.24, 2.45) is 0 Å². The molecule has 0 atom stereocenters. The number of halogens is 1. The smallest absolute Gasteiger partial charge is 0.255 e. The van der Waals surface area contributed by atoms with Crippen LogP contribution in [0, 0.1) is 5.82 Å². The summed E-state index contributed by atoms with van der Waals surface area (Å²) in [6.07, 6.45) is 1.56. The highest BCUT2D eigenvalue weighted by molar-refractivity contribution is 5.85. The molecule has 1 aromatic heterocycles. The van der Waals surface area contributed by atoms with E-state index in [0.29, 0.717) is 23.0 Å². The standard InChI is InChI=1S/C16H13FN2O/c17-14-9-13-12(6-7-18-16(13)20)8-15(14)19-10-11-4-2-1-3-5-11/h1-9,19H,10H2,(H,18,20). The first-order valence-electron chi connectivity index (χ1n) is 6.33. The number of hydrogen-bond acceptors (Lipinski definition) is 2. The van der Waals surface area contributed by atoms with Crippen LogP contribution in [-0.2, 0) is 6.54 Å². The molecule has 0 spiro atoms. The molecule has 0 radical (unpaired) electrons. The van der Waals surface area contributed by atoms with Crippen LogP contribution >= 0.6 is 0 Å². The number of pyridine rings is 1. The molecule has 0 aliphatic heterocycles. The van der Waals surface area contributed by atoms with Gasteiger partial charge in [-0.15, -0.1) is 0 Å². The number of aromatic nitrogens is 1. The summed E-state index contributed by atoms with van der Waals surface area (Å²) in [5.41, 5.74) is 1.18. The molecule has 0 bridgehead atoms. The average molecular weight is 268 g/mol. The SMILES string of the molecule is O=c1[nH]ccc2cc(NCc3ccccc3)c(F)cc12. The molecule has 2 aromatic carbocycles. The number of H-pyrrole nitrogens is 1. The van der Waals surface area contributed by atoms with Gasteiger partial charge in [0.05, 0.1) is 11.1 Å². The highest BCUT2D eigenvalue weighted by Gasteiger charge is 2.06. The molecule has 3 nitrogen and oxygen atoms in total. The lowest BCUT2D eigenvalue weighted by atomic mass is 10.1. The zero-order valence-corrected chi connectivity index (χ0v) is 10.7. The van der Waals surface area contributed by atoms with Gasteiger partial charge >= 0.3 is 0 Å². The summed E-state index contributed by atoms with van der Waals surface area (Å²) in [4.78, 5) is 14.1. The van der Waals surface area contributed by atoms with E-state index in [2.05, 4.69) is 10.3 Å². The molecule has 0 amide bonds. The van der Waals surface area contributed by atoms with Crippen LogP contribution in [-0.4, -0.2) is 4.98 Å². The Bertz CT molecular complexity index is 796. The predicted molar refractivity (Wildman–Crippen MR) is 78.3 cm³/mol. The highest BCUT2D eigenvalue weighted by atomic mass is 19.1. The van der Waals surface area contributed by atoms with Crippen molar-refractivity contribution in [3.63, 3.8) is 0 Å². The Morgan fingerprint density at radius 2 is 1.90 bits per heavy atom. The fourth-order valence-corrected chi connectivity index (χ4v) is 2.14. The second-order valence-corrected chi connectivity index (χ2v) is 4.57. The van der Waals surface area contributed by atoms with Crippen LogP contribution in [0.5, 0.6) is 0 Å². The third-order valence-electron chi connectivity index (χ3n) is 3.19. The van der Waals surface area contributed by atoms with Gasteiger partial charge in [0.1, 0.15) is 5.82 Å². The normalized spacial score (nSPS) is 10.7. The monoisotopic (exact) mass is 268 g/mol. The van der Waals surface area contributed by atoms with Gasteiger partial charge in [0, 0.05) is 12.7 Å².